The predicted octanol–water partition coefficient (Wildman–Crippen LogP) is 5.99. The molecule has 71 heavy (non-hydrogen) atoms. The van der Waals surface area contributed by atoms with Crippen molar-refractivity contribution >= 4 is 5.97 Å². The fourth-order valence-electron chi connectivity index (χ4n) is 16.2. The molecule has 27 atom stereocenters. The van der Waals surface area contributed by atoms with Crippen LogP contribution in [0.2, 0.25) is 0 Å². The molecule has 15 aliphatic rings. The lowest BCUT2D eigenvalue weighted by Crippen LogP contribution is -2.61. The molecule has 0 saturated carbocycles. The molecule has 15 fully saturated rings. The first-order valence-corrected chi connectivity index (χ1v) is 28.2. The minimum atomic E-state index is -0.811. The van der Waals surface area contributed by atoms with Crippen molar-refractivity contribution < 1.29 is 76.2 Å². The molecule has 0 radical (unpaired) electrons. The van der Waals surface area contributed by atoms with Crippen molar-refractivity contribution in [1.82, 2.24) is 0 Å². The lowest BCUT2D eigenvalue weighted by molar-refractivity contribution is -0.361. The largest absolute Gasteiger partial charge is 0.459 e. The van der Waals surface area contributed by atoms with Crippen molar-refractivity contribution in [1.29, 1.82) is 0 Å². The molecule has 5 unspecified atom stereocenters. The van der Waals surface area contributed by atoms with Gasteiger partial charge in [0.2, 0.25) is 0 Å². The Morgan fingerprint density at radius 1 is 0.549 bits per heavy atom. The second-order valence-corrected chi connectivity index (χ2v) is 24.7. The summed E-state index contributed by atoms with van der Waals surface area (Å²) in [6, 6.07) is 0. The number of hydrogen-bond acceptors (Lipinski definition) is 16. The molecule has 15 rings (SSSR count). The first-order valence-electron chi connectivity index (χ1n) is 28.2. The van der Waals surface area contributed by atoms with Crippen LogP contribution in [0.1, 0.15) is 142 Å². The van der Waals surface area contributed by atoms with Crippen LogP contribution in [0, 0.1) is 11.8 Å². The molecule has 394 valence electrons. The van der Waals surface area contributed by atoms with Crippen LogP contribution in [0.3, 0.4) is 0 Å². The van der Waals surface area contributed by atoms with Gasteiger partial charge in [-0.05, 0) is 87.2 Å². The Hall–Kier alpha value is -1.61. The van der Waals surface area contributed by atoms with Crippen molar-refractivity contribution in [3.63, 3.8) is 0 Å². The predicted molar refractivity (Wildman–Crippen MR) is 249 cm³/mol. The number of rotatable bonds is 2. The Kier molecular flexibility index (Phi) is 12.5. The third-order valence-electron chi connectivity index (χ3n) is 19.8. The number of esters is 1. The summed E-state index contributed by atoms with van der Waals surface area (Å²) < 4.78 is 94.9. The van der Waals surface area contributed by atoms with Crippen LogP contribution in [-0.4, -0.2) is 170 Å². The van der Waals surface area contributed by atoms with E-state index in [4.69, 9.17) is 66.3 Å². The van der Waals surface area contributed by atoms with Gasteiger partial charge in [-0.1, -0.05) is 27.0 Å². The Morgan fingerprint density at radius 3 is 2.15 bits per heavy atom. The van der Waals surface area contributed by atoms with Gasteiger partial charge in [0.15, 0.2) is 11.6 Å². The summed E-state index contributed by atoms with van der Waals surface area (Å²) in [6.07, 6.45) is 8.57. The molecule has 16 heteroatoms. The van der Waals surface area contributed by atoms with Crippen molar-refractivity contribution in [3.05, 3.63) is 24.3 Å². The smallest absolute Gasteiger partial charge is 0.308 e. The molecule has 15 saturated heterocycles. The Balaban J connectivity index is 0.684. The van der Waals surface area contributed by atoms with Crippen LogP contribution in [0.25, 0.3) is 0 Å². The van der Waals surface area contributed by atoms with Crippen LogP contribution >= 0.6 is 0 Å². The minimum Gasteiger partial charge on any atom is -0.459 e. The minimum absolute atomic E-state index is 0.0111. The maximum Gasteiger partial charge on any atom is 0.308 e. The molecule has 0 amide bonds. The molecule has 0 aromatic heterocycles. The van der Waals surface area contributed by atoms with Crippen molar-refractivity contribution in [2.75, 3.05) is 6.61 Å². The zero-order chi connectivity index (χ0) is 47.9. The van der Waals surface area contributed by atoms with E-state index in [1.165, 1.54) is 0 Å². The highest BCUT2D eigenvalue weighted by molar-refractivity contribution is 5.70. The number of aliphatic hydroxyl groups is 1. The van der Waals surface area contributed by atoms with E-state index in [-0.39, 0.29) is 128 Å². The van der Waals surface area contributed by atoms with Crippen LogP contribution in [0.4, 0.5) is 0 Å². The summed E-state index contributed by atoms with van der Waals surface area (Å²) in [7, 11) is 0. The molecule has 0 aliphatic carbocycles. The van der Waals surface area contributed by atoms with E-state index < -0.39 is 42.1 Å². The van der Waals surface area contributed by atoms with Crippen LogP contribution in [-0.2, 0) is 71.1 Å². The number of aliphatic hydroxyl groups excluding tert-OH is 1. The van der Waals surface area contributed by atoms with Gasteiger partial charge in [-0.15, -0.1) is 0 Å². The highest BCUT2D eigenvalue weighted by Crippen LogP contribution is 2.55. The highest BCUT2D eigenvalue weighted by atomic mass is 16.8. The first kappa shape index (κ1) is 47.8. The SMILES string of the molecule is C=C1C[C@@H]2CC[C@@]34C[C@H]5OC6C(O3)[C@H]3O[C@H](CC[C@@H]3O[C@H]6C5O4)CC(=O)O[C@@H]3CC4OC5C[C@H](C[C@@H]6O[C@@]7(CC[C@@H]6O)C[C@H](C)[C@@H]6OCCC[C@@H]6O7)O[C@@H]5C[C@@H]4O[C@H]3C[C@H]3O[C@@H](CC[C@@H]1O2)C[C@@H](C)C3=C. The summed E-state index contributed by atoms with van der Waals surface area (Å²) >= 11 is 0. The summed E-state index contributed by atoms with van der Waals surface area (Å²) in [4.78, 5) is 14.3. The van der Waals surface area contributed by atoms with Gasteiger partial charge in [-0.3, -0.25) is 4.79 Å². The van der Waals surface area contributed by atoms with Crippen molar-refractivity contribution in [3.8, 4) is 0 Å². The average Bonchev–Trinajstić information content (AvgIpc) is 4.06. The Bertz CT molecular complexity index is 2040. The first-order chi connectivity index (χ1) is 34.4. The summed E-state index contributed by atoms with van der Waals surface area (Å²) in [5, 5.41) is 11.3. The fourth-order valence-corrected chi connectivity index (χ4v) is 16.2. The maximum absolute atomic E-state index is 14.3. The number of hydrogen-bond donors (Lipinski definition) is 1. The van der Waals surface area contributed by atoms with Crippen molar-refractivity contribution in [2.24, 2.45) is 11.8 Å². The third-order valence-corrected chi connectivity index (χ3v) is 19.8. The zero-order valence-electron chi connectivity index (χ0n) is 41.8. The molecule has 2 spiro atoms. The van der Waals surface area contributed by atoms with Gasteiger partial charge in [0, 0.05) is 64.4 Å². The standard InChI is InChI=1S/C55H78O16/c1-26-16-30-7-9-35-27(2)17-32(59-35)11-13-55-25-46-50(70-55)51-52(67-46)53(71-55)49-36(66-51)10-8-31(62-49)20-47(57)65-45-23-44-43(64-42(45)21-38(60-30)29(26)4)22-41-40(63-44)19-33(61-41)18-39-34(56)12-14-54(69-39)24-28(3)48-37(68-54)6-5-15-58-48/h26,28,30-46,48-53,56H,2,4-25H2,1,3H3/t26-,28+,30+,31-,32+,33+,34+,35+,36+,37+,38-,39+,40?,41-,42+,43+,44?,45-,46-,48+,49+,50?,51+,52?,53?,54+,55+/m1/s1. The van der Waals surface area contributed by atoms with E-state index in [9.17, 15) is 9.90 Å². The van der Waals surface area contributed by atoms with Gasteiger partial charge in [0.05, 0.1) is 110 Å². The lowest BCUT2D eigenvalue weighted by atomic mass is 9.81. The van der Waals surface area contributed by atoms with Crippen LogP contribution in [0.15, 0.2) is 24.3 Å². The van der Waals surface area contributed by atoms with Gasteiger partial charge in [0.1, 0.15) is 36.6 Å². The molecular formula is C55H78O16. The van der Waals surface area contributed by atoms with Gasteiger partial charge >= 0.3 is 5.97 Å². The van der Waals surface area contributed by atoms with E-state index in [0.717, 1.165) is 75.5 Å². The Labute approximate surface area is 418 Å². The van der Waals surface area contributed by atoms with E-state index in [1.54, 1.807) is 0 Å². The summed E-state index contributed by atoms with van der Waals surface area (Å²) in [5.41, 5.74) is 2.18. The number of fused-ring (bicyclic) bond motifs is 9. The molecule has 15 heterocycles. The van der Waals surface area contributed by atoms with Crippen LogP contribution < -0.4 is 0 Å². The Morgan fingerprint density at radius 2 is 1.27 bits per heavy atom. The maximum atomic E-state index is 14.3. The second kappa shape index (κ2) is 18.6. The average molecular weight is 995 g/mol. The molecule has 12 bridgehead atoms. The van der Waals surface area contributed by atoms with Gasteiger partial charge in [-0.25, -0.2) is 0 Å². The summed E-state index contributed by atoms with van der Waals surface area (Å²) in [6.45, 7) is 14.3. The molecule has 16 nitrogen and oxygen atoms in total. The number of ether oxygens (including phenoxy) is 14. The van der Waals surface area contributed by atoms with Crippen LogP contribution in [0.5, 0.6) is 0 Å². The molecule has 0 aromatic rings. The molecule has 15 aliphatic heterocycles. The quantitative estimate of drug-likeness (QED) is 0.253. The van der Waals surface area contributed by atoms with Gasteiger partial charge < -0.3 is 71.4 Å². The topological polar surface area (TPSA) is 167 Å². The van der Waals surface area contributed by atoms with E-state index in [1.807, 2.05) is 0 Å². The molecule has 1 N–H and O–H groups in total. The fraction of sp³-hybridized carbons (Fsp3) is 0.909. The molecular weight excluding hydrogens is 917 g/mol. The molecule has 0 aromatic carbocycles. The monoisotopic (exact) mass is 995 g/mol. The highest BCUT2D eigenvalue weighted by Gasteiger charge is 2.69. The van der Waals surface area contributed by atoms with Gasteiger partial charge in [-0.2, -0.15) is 0 Å². The number of carbonyl (C=O) groups excluding carboxylic acids is 1. The van der Waals surface area contributed by atoms with E-state index in [0.29, 0.717) is 70.1 Å². The summed E-state index contributed by atoms with van der Waals surface area (Å²) in [5.74, 6) is -1.29. The lowest BCUT2D eigenvalue weighted by Gasteiger charge is -2.52. The van der Waals surface area contributed by atoms with Crippen molar-refractivity contribution in [2.45, 2.75) is 294 Å². The third kappa shape index (κ3) is 8.77. The normalized spacial score (nSPS) is 56.7. The van der Waals surface area contributed by atoms with E-state index >= 15 is 0 Å². The van der Waals surface area contributed by atoms with E-state index in [2.05, 4.69) is 27.0 Å². The second-order valence-electron chi connectivity index (χ2n) is 24.7. The number of carbonyl (C=O) groups is 1. The zero-order valence-corrected chi connectivity index (χ0v) is 41.8. The van der Waals surface area contributed by atoms with Gasteiger partial charge in [0.25, 0.3) is 0 Å².